The van der Waals surface area contributed by atoms with Crippen LogP contribution >= 0.6 is 23.2 Å². The first-order valence-electron chi connectivity index (χ1n) is 8.11. The molecule has 1 N–H and O–H groups in total. The molecule has 0 amide bonds. The molecule has 0 fully saturated rings. The smallest absolute Gasteiger partial charge is 0.308 e. The fourth-order valence-corrected chi connectivity index (χ4v) is 3.39. The van der Waals surface area contributed by atoms with Gasteiger partial charge in [0.25, 0.3) is 0 Å². The van der Waals surface area contributed by atoms with Gasteiger partial charge in [0.05, 0.1) is 19.1 Å². The first-order valence-corrected chi connectivity index (χ1v) is 8.86. The van der Waals surface area contributed by atoms with Crippen LogP contribution in [0.1, 0.15) is 31.4 Å². The van der Waals surface area contributed by atoms with Gasteiger partial charge in [0, 0.05) is 15.5 Å². The Morgan fingerprint density at radius 3 is 2.60 bits per heavy atom. The van der Waals surface area contributed by atoms with Crippen LogP contribution < -0.4 is 0 Å². The molecule has 0 heterocycles. The molecule has 1 unspecified atom stereocenters. The Labute approximate surface area is 158 Å². The Morgan fingerprint density at radius 1 is 1.28 bits per heavy atom. The molecule has 1 aliphatic carbocycles. The summed E-state index contributed by atoms with van der Waals surface area (Å²) in [6.45, 7) is 1.80. The van der Waals surface area contributed by atoms with Crippen LogP contribution in [-0.2, 0) is 9.53 Å². The minimum absolute atomic E-state index is 0.302. The highest BCUT2D eigenvalue weighted by Gasteiger charge is 2.39. The molecule has 0 aliphatic heterocycles. The second kappa shape index (κ2) is 8.70. The number of aliphatic hydroxyl groups excluding tert-OH is 1. The average molecular weight is 381 g/mol. The van der Waals surface area contributed by atoms with E-state index in [2.05, 4.69) is 0 Å². The fraction of sp³-hybridized carbons (Fsp3) is 0.350. The number of carbonyl (C=O) groups is 1. The zero-order chi connectivity index (χ0) is 18.4. The number of ether oxygens (including phenoxy) is 1. The first kappa shape index (κ1) is 19.8. The molecule has 134 valence electrons. The van der Waals surface area contributed by atoms with Gasteiger partial charge in [-0.1, -0.05) is 66.6 Å². The molecule has 1 aromatic carbocycles. The number of carbonyl (C=O) groups excluding carboxylic acids is 1. The number of benzene rings is 1. The lowest BCUT2D eigenvalue weighted by molar-refractivity contribution is -0.146. The van der Waals surface area contributed by atoms with Crippen LogP contribution in [0, 0.1) is 11.3 Å². The molecule has 0 bridgehead atoms. The summed E-state index contributed by atoms with van der Waals surface area (Å²) in [5, 5.41) is 12.4. The lowest BCUT2D eigenvalue weighted by Gasteiger charge is -2.37. The van der Waals surface area contributed by atoms with Gasteiger partial charge in [-0.15, -0.1) is 0 Å². The van der Waals surface area contributed by atoms with Gasteiger partial charge in [-0.25, -0.2) is 0 Å². The molecule has 3 nitrogen and oxygen atoms in total. The van der Waals surface area contributed by atoms with E-state index in [0.29, 0.717) is 22.9 Å². The largest absolute Gasteiger partial charge is 0.469 e. The summed E-state index contributed by atoms with van der Waals surface area (Å²) in [4.78, 5) is 11.9. The normalized spacial score (nSPS) is 22.5. The predicted octanol–water partition coefficient (Wildman–Crippen LogP) is 5.20. The van der Waals surface area contributed by atoms with Crippen molar-refractivity contribution in [1.29, 1.82) is 0 Å². The van der Waals surface area contributed by atoms with Crippen molar-refractivity contribution in [2.75, 3.05) is 7.11 Å². The van der Waals surface area contributed by atoms with Crippen molar-refractivity contribution in [2.24, 2.45) is 11.3 Å². The van der Waals surface area contributed by atoms with Crippen molar-refractivity contribution in [3.8, 4) is 0 Å². The molecule has 2 rings (SSSR count). The fourth-order valence-electron chi connectivity index (χ4n) is 3.12. The maximum absolute atomic E-state index is 11.9. The van der Waals surface area contributed by atoms with Gasteiger partial charge in [0.15, 0.2) is 0 Å². The molecule has 0 spiro atoms. The van der Waals surface area contributed by atoms with E-state index >= 15 is 0 Å². The number of rotatable bonds is 5. The van der Waals surface area contributed by atoms with E-state index in [9.17, 15) is 9.90 Å². The number of esters is 1. The van der Waals surface area contributed by atoms with Crippen molar-refractivity contribution >= 4 is 29.2 Å². The number of hydrogen-bond donors (Lipinski definition) is 1. The van der Waals surface area contributed by atoms with Crippen LogP contribution in [-0.4, -0.2) is 18.2 Å². The van der Waals surface area contributed by atoms with E-state index in [1.807, 2.05) is 24.3 Å². The lowest BCUT2D eigenvalue weighted by atomic mass is 9.70. The van der Waals surface area contributed by atoms with Gasteiger partial charge >= 0.3 is 5.97 Å². The molecule has 0 aromatic heterocycles. The molecule has 1 aromatic rings. The molecule has 25 heavy (non-hydrogen) atoms. The highest BCUT2D eigenvalue weighted by atomic mass is 35.5. The van der Waals surface area contributed by atoms with Crippen molar-refractivity contribution in [2.45, 2.75) is 25.9 Å². The number of hydrogen-bond acceptors (Lipinski definition) is 3. The summed E-state index contributed by atoms with van der Waals surface area (Å²) in [5.41, 5.74) is 0.0481. The van der Waals surface area contributed by atoms with Crippen molar-refractivity contribution in [1.82, 2.24) is 0 Å². The van der Waals surface area contributed by atoms with E-state index in [-0.39, 0.29) is 11.9 Å². The average Bonchev–Trinajstić information content (AvgIpc) is 2.60. The summed E-state index contributed by atoms with van der Waals surface area (Å²) in [7, 11) is 1.37. The highest BCUT2D eigenvalue weighted by Crippen LogP contribution is 2.45. The van der Waals surface area contributed by atoms with Gasteiger partial charge in [-0.3, -0.25) is 4.79 Å². The van der Waals surface area contributed by atoms with Crippen LogP contribution in [0.2, 0.25) is 5.02 Å². The molecular formula is C20H22Cl2O3. The standard InChI is InChI=1S/C20H22Cl2O3/c1-14(19(24)25-2)13-20(11-4-3-5-16(21)10-12-20)18(23)15-6-8-17(22)9-7-15/h3-11,14,18,23H,12-13H2,1-2H3/t14?,18-,20+/m1/s1. The van der Waals surface area contributed by atoms with Gasteiger partial charge in [0.2, 0.25) is 0 Å². The van der Waals surface area contributed by atoms with Crippen LogP contribution in [0.15, 0.2) is 59.7 Å². The van der Waals surface area contributed by atoms with Crippen molar-refractivity contribution in [3.63, 3.8) is 0 Å². The van der Waals surface area contributed by atoms with Crippen LogP contribution in [0.4, 0.5) is 0 Å². The molecule has 0 saturated carbocycles. The van der Waals surface area contributed by atoms with Crippen LogP contribution in [0.25, 0.3) is 0 Å². The Kier molecular flexibility index (Phi) is 6.88. The monoisotopic (exact) mass is 380 g/mol. The van der Waals surface area contributed by atoms with Gasteiger partial charge < -0.3 is 9.84 Å². The second-order valence-electron chi connectivity index (χ2n) is 6.33. The summed E-state index contributed by atoms with van der Waals surface area (Å²) < 4.78 is 4.86. The maximum atomic E-state index is 11.9. The van der Waals surface area contributed by atoms with Crippen LogP contribution in [0.3, 0.4) is 0 Å². The Balaban J connectivity index is 2.43. The lowest BCUT2D eigenvalue weighted by Crippen LogP contribution is -2.31. The zero-order valence-electron chi connectivity index (χ0n) is 14.3. The third-order valence-electron chi connectivity index (χ3n) is 4.49. The Hall–Kier alpha value is -1.55. The Morgan fingerprint density at radius 2 is 1.96 bits per heavy atom. The van der Waals surface area contributed by atoms with E-state index in [0.717, 1.165) is 5.56 Å². The summed E-state index contributed by atoms with van der Waals surface area (Å²) >= 11 is 12.1. The van der Waals surface area contributed by atoms with Gasteiger partial charge in [-0.05, 0) is 36.6 Å². The summed E-state index contributed by atoms with van der Waals surface area (Å²) in [5.74, 6) is -0.670. The molecule has 0 saturated heterocycles. The summed E-state index contributed by atoms with van der Waals surface area (Å²) in [6.07, 6.45) is 9.39. The van der Waals surface area contributed by atoms with E-state index in [1.165, 1.54) is 7.11 Å². The third kappa shape index (κ3) is 4.97. The van der Waals surface area contributed by atoms with Crippen molar-refractivity contribution in [3.05, 3.63) is 70.3 Å². The minimum Gasteiger partial charge on any atom is -0.469 e. The molecule has 0 radical (unpaired) electrons. The molecule has 3 atom stereocenters. The zero-order valence-corrected chi connectivity index (χ0v) is 15.8. The minimum atomic E-state index is -0.819. The van der Waals surface area contributed by atoms with E-state index in [1.54, 1.807) is 37.3 Å². The first-order chi connectivity index (χ1) is 11.9. The third-order valence-corrected chi connectivity index (χ3v) is 5.02. The number of aliphatic hydroxyl groups is 1. The van der Waals surface area contributed by atoms with Gasteiger partial charge in [0.1, 0.15) is 0 Å². The van der Waals surface area contributed by atoms with Crippen molar-refractivity contribution < 1.29 is 14.6 Å². The Bertz CT molecular complexity index is 691. The second-order valence-corrected chi connectivity index (χ2v) is 7.20. The summed E-state index contributed by atoms with van der Waals surface area (Å²) in [6, 6.07) is 7.08. The molecular weight excluding hydrogens is 359 g/mol. The van der Waals surface area contributed by atoms with E-state index in [4.69, 9.17) is 27.9 Å². The number of allylic oxidation sites excluding steroid dienone is 5. The SMILES string of the molecule is COC(=O)C(C)C[C@]1([C@H](O)c2ccc(Cl)cc2)C=CC=CC(Cl)=CC1. The number of halogens is 2. The number of methoxy groups -OCH3 is 1. The maximum Gasteiger partial charge on any atom is 0.308 e. The van der Waals surface area contributed by atoms with E-state index < -0.39 is 11.5 Å². The quantitative estimate of drug-likeness (QED) is 0.714. The predicted molar refractivity (Wildman–Crippen MR) is 101 cm³/mol. The van der Waals surface area contributed by atoms with Crippen LogP contribution in [0.5, 0.6) is 0 Å². The highest BCUT2D eigenvalue weighted by molar-refractivity contribution is 6.31. The topological polar surface area (TPSA) is 46.5 Å². The molecule has 1 aliphatic rings. The van der Waals surface area contributed by atoms with Gasteiger partial charge in [-0.2, -0.15) is 0 Å². The molecule has 5 heteroatoms.